The summed E-state index contributed by atoms with van der Waals surface area (Å²) >= 11 is 0. The fourth-order valence-corrected chi connectivity index (χ4v) is 1.29. The number of benzene rings is 1. The van der Waals surface area contributed by atoms with Gasteiger partial charge in [-0.3, -0.25) is 0 Å². The Labute approximate surface area is 95.9 Å². The van der Waals surface area contributed by atoms with Crippen LogP contribution in [0.15, 0.2) is 18.2 Å². The first-order valence-electron chi connectivity index (χ1n) is 5.42. The zero-order chi connectivity index (χ0) is 12.0. The molecule has 0 aromatic heterocycles. The largest absolute Gasteiger partial charge is 0.508 e. The average molecular weight is 225 g/mol. The lowest BCUT2D eigenvalue weighted by Gasteiger charge is -2.09. The van der Waals surface area contributed by atoms with Gasteiger partial charge in [0.15, 0.2) is 0 Å². The van der Waals surface area contributed by atoms with Crippen LogP contribution in [0.5, 0.6) is 11.5 Å². The number of nitrogens with one attached hydrogen (secondary N) is 1. The Hall–Kier alpha value is -1.26. The van der Waals surface area contributed by atoms with Gasteiger partial charge < -0.3 is 20.3 Å². The van der Waals surface area contributed by atoms with Gasteiger partial charge in [0.05, 0.1) is 12.7 Å². The molecule has 0 aliphatic carbocycles. The highest BCUT2D eigenvalue weighted by atomic mass is 16.5. The van der Waals surface area contributed by atoms with Gasteiger partial charge in [-0.1, -0.05) is 6.07 Å². The maximum atomic E-state index is 9.50. The number of ether oxygens (including phenoxy) is 1. The van der Waals surface area contributed by atoms with Crippen LogP contribution >= 0.6 is 0 Å². The van der Waals surface area contributed by atoms with E-state index in [4.69, 9.17) is 9.84 Å². The molecule has 16 heavy (non-hydrogen) atoms. The summed E-state index contributed by atoms with van der Waals surface area (Å²) in [5.41, 5.74) is 0.766. The fraction of sp³-hybridized carbons (Fsp3) is 0.500. The summed E-state index contributed by atoms with van der Waals surface area (Å²) in [5, 5.41) is 21.8. The predicted octanol–water partition coefficient (Wildman–Crippen LogP) is 1.61. The first kappa shape index (κ1) is 12.8. The van der Waals surface area contributed by atoms with Gasteiger partial charge in [0.2, 0.25) is 0 Å². The molecule has 0 atom stereocenters. The zero-order valence-corrected chi connectivity index (χ0v) is 9.73. The van der Waals surface area contributed by atoms with Crippen LogP contribution in [0.25, 0.3) is 0 Å². The molecule has 0 radical (unpaired) electrons. The summed E-state index contributed by atoms with van der Waals surface area (Å²) in [6, 6.07) is 4.59. The molecule has 0 aliphatic rings. The number of hydrogen-bond acceptors (Lipinski definition) is 4. The highest BCUT2D eigenvalue weighted by Crippen LogP contribution is 2.21. The van der Waals surface area contributed by atoms with E-state index in [9.17, 15) is 5.11 Å². The Morgan fingerprint density at radius 3 is 2.69 bits per heavy atom. The highest BCUT2D eigenvalue weighted by molar-refractivity contribution is 5.38. The lowest BCUT2D eigenvalue weighted by Crippen LogP contribution is -2.20. The fourth-order valence-electron chi connectivity index (χ4n) is 1.29. The van der Waals surface area contributed by atoms with E-state index in [1.54, 1.807) is 12.1 Å². The van der Waals surface area contributed by atoms with Gasteiger partial charge in [-0.05, 0) is 19.9 Å². The summed E-state index contributed by atoms with van der Waals surface area (Å²) in [6.45, 7) is 5.93. The lowest BCUT2D eigenvalue weighted by atomic mass is 10.2. The van der Waals surface area contributed by atoms with Crippen molar-refractivity contribution in [2.45, 2.75) is 26.5 Å². The van der Waals surface area contributed by atoms with E-state index in [2.05, 4.69) is 5.32 Å². The van der Waals surface area contributed by atoms with Gasteiger partial charge in [0.25, 0.3) is 0 Å². The molecule has 1 aromatic rings. The molecule has 1 aromatic carbocycles. The van der Waals surface area contributed by atoms with E-state index in [1.165, 1.54) is 6.07 Å². The van der Waals surface area contributed by atoms with Crippen LogP contribution in [-0.4, -0.2) is 29.5 Å². The zero-order valence-electron chi connectivity index (χ0n) is 9.73. The third-order valence-corrected chi connectivity index (χ3v) is 2.11. The topological polar surface area (TPSA) is 61.7 Å². The SMILES string of the molecule is CC(C)OCCNCc1ccc(O)cc1O. The van der Waals surface area contributed by atoms with Crippen LogP contribution < -0.4 is 5.32 Å². The van der Waals surface area contributed by atoms with Crippen LogP contribution in [0, 0.1) is 0 Å². The van der Waals surface area contributed by atoms with Crippen molar-refractivity contribution in [3.63, 3.8) is 0 Å². The molecule has 0 heterocycles. The molecule has 0 saturated carbocycles. The summed E-state index contributed by atoms with van der Waals surface area (Å²) in [7, 11) is 0. The van der Waals surface area contributed by atoms with Gasteiger partial charge in [-0.15, -0.1) is 0 Å². The van der Waals surface area contributed by atoms with Crippen molar-refractivity contribution in [2.75, 3.05) is 13.2 Å². The molecule has 90 valence electrons. The average Bonchev–Trinajstić information content (AvgIpc) is 2.20. The number of aromatic hydroxyl groups is 2. The summed E-state index contributed by atoms with van der Waals surface area (Å²) in [5.74, 6) is 0.182. The molecular formula is C12H19NO3. The molecule has 4 nitrogen and oxygen atoms in total. The standard InChI is InChI=1S/C12H19NO3/c1-9(2)16-6-5-13-8-10-3-4-11(14)7-12(10)15/h3-4,7,9,13-15H,5-6,8H2,1-2H3. The molecule has 1 rings (SSSR count). The maximum absolute atomic E-state index is 9.50. The summed E-state index contributed by atoms with van der Waals surface area (Å²) in [4.78, 5) is 0. The molecule has 0 amide bonds. The Balaban J connectivity index is 2.27. The van der Waals surface area contributed by atoms with Crippen molar-refractivity contribution in [3.05, 3.63) is 23.8 Å². The first-order valence-corrected chi connectivity index (χ1v) is 5.42. The Morgan fingerprint density at radius 2 is 2.06 bits per heavy atom. The minimum atomic E-state index is 0.0735. The molecule has 3 N–H and O–H groups in total. The first-order chi connectivity index (χ1) is 7.59. The molecule has 0 fully saturated rings. The van der Waals surface area contributed by atoms with E-state index in [0.717, 1.165) is 12.1 Å². The van der Waals surface area contributed by atoms with Crippen molar-refractivity contribution >= 4 is 0 Å². The molecule has 0 unspecified atom stereocenters. The molecule has 4 heteroatoms. The molecular weight excluding hydrogens is 206 g/mol. The van der Waals surface area contributed by atoms with Crippen LogP contribution in [0.3, 0.4) is 0 Å². The normalized spacial score (nSPS) is 10.9. The quantitative estimate of drug-likeness (QED) is 0.644. The minimum Gasteiger partial charge on any atom is -0.508 e. The number of phenolic OH excluding ortho intramolecular Hbond substituents is 2. The number of rotatable bonds is 6. The van der Waals surface area contributed by atoms with Crippen molar-refractivity contribution in [1.29, 1.82) is 0 Å². The van der Waals surface area contributed by atoms with Crippen LogP contribution in [0.2, 0.25) is 0 Å². The monoisotopic (exact) mass is 225 g/mol. The van der Waals surface area contributed by atoms with Gasteiger partial charge >= 0.3 is 0 Å². The van der Waals surface area contributed by atoms with Gasteiger partial charge in [0.1, 0.15) is 11.5 Å². The van der Waals surface area contributed by atoms with Gasteiger partial charge in [-0.2, -0.15) is 0 Å². The third kappa shape index (κ3) is 4.51. The summed E-state index contributed by atoms with van der Waals surface area (Å²) < 4.78 is 5.36. The van der Waals surface area contributed by atoms with Gasteiger partial charge in [-0.25, -0.2) is 0 Å². The molecule has 0 saturated heterocycles. The van der Waals surface area contributed by atoms with E-state index in [0.29, 0.717) is 13.2 Å². The van der Waals surface area contributed by atoms with Crippen LogP contribution in [-0.2, 0) is 11.3 Å². The Morgan fingerprint density at radius 1 is 1.31 bits per heavy atom. The number of phenols is 2. The molecule has 0 aliphatic heterocycles. The van der Waals surface area contributed by atoms with Crippen molar-refractivity contribution < 1.29 is 14.9 Å². The number of hydrogen-bond donors (Lipinski definition) is 3. The molecule has 0 bridgehead atoms. The second kappa shape index (κ2) is 6.35. The predicted molar refractivity (Wildman–Crippen MR) is 62.6 cm³/mol. The van der Waals surface area contributed by atoms with Crippen LogP contribution in [0.1, 0.15) is 19.4 Å². The second-order valence-electron chi connectivity index (χ2n) is 3.91. The van der Waals surface area contributed by atoms with Crippen LogP contribution in [0.4, 0.5) is 0 Å². The van der Waals surface area contributed by atoms with E-state index in [-0.39, 0.29) is 17.6 Å². The summed E-state index contributed by atoms with van der Waals surface area (Å²) in [6.07, 6.45) is 0.240. The highest BCUT2D eigenvalue weighted by Gasteiger charge is 2.01. The van der Waals surface area contributed by atoms with Gasteiger partial charge in [0, 0.05) is 24.7 Å². The molecule has 0 spiro atoms. The Bertz CT molecular complexity index is 326. The minimum absolute atomic E-state index is 0.0735. The van der Waals surface area contributed by atoms with Crippen molar-refractivity contribution in [3.8, 4) is 11.5 Å². The van der Waals surface area contributed by atoms with E-state index in [1.807, 2.05) is 13.8 Å². The van der Waals surface area contributed by atoms with E-state index < -0.39 is 0 Å². The smallest absolute Gasteiger partial charge is 0.123 e. The Kier molecular flexibility index (Phi) is 5.08. The maximum Gasteiger partial charge on any atom is 0.123 e. The van der Waals surface area contributed by atoms with E-state index >= 15 is 0 Å². The van der Waals surface area contributed by atoms with Crippen molar-refractivity contribution in [2.24, 2.45) is 0 Å². The second-order valence-corrected chi connectivity index (χ2v) is 3.91. The third-order valence-electron chi connectivity index (χ3n) is 2.11. The lowest BCUT2D eigenvalue weighted by molar-refractivity contribution is 0.0807. The van der Waals surface area contributed by atoms with Crippen molar-refractivity contribution in [1.82, 2.24) is 5.32 Å².